The molecule has 2 amide bonds. The number of hydrogen-bond donors (Lipinski definition) is 0. The van der Waals surface area contributed by atoms with E-state index in [9.17, 15) is 4.79 Å². The quantitative estimate of drug-likeness (QED) is 0.657. The monoisotopic (exact) mass is 264 g/mol. The third-order valence-electron chi connectivity index (χ3n) is 5.81. The van der Waals surface area contributed by atoms with Crippen molar-refractivity contribution in [2.24, 2.45) is 11.3 Å². The molecule has 0 bridgehead atoms. The van der Waals surface area contributed by atoms with Crippen LogP contribution in [0.4, 0.5) is 4.79 Å². The Morgan fingerprint density at radius 1 is 0.895 bits per heavy atom. The largest absolute Gasteiger partial charge is 0.325 e. The van der Waals surface area contributed by atoms with Crippen LogP contribution in [0.3, 0.4) is 0 Å². The van der Waals surface area contributed by atoms with Gasteiger partial charge in [-0.3, -0.25) is 0 Å². The fourth-order valence-electron chi connectivity index (χ4n) is 4.20. The predicted octanol–water partition coefficient (Wildman–Crippen LogP) is 3.49. The van der Waals surface area contributed by atoms with Crippen LogP contribution in [-0.4, -0.2) is 42.0 Å². The molecule has 3 nitrogen and oxygen atoms in total. The van der Waals surface area contributed by atoms with E-state index in [1.165, 1.54) is 51.4 Å². The van der Waals surface area contributed by atoms with Crippen molar-refractivity contribution < 1.29 is 4.79 Å². The molecule has 0 N–H and O–H groups in total. The molecule has 0 aromatic heterocycles. The molecule has 2 saturated heterocycles. The molecule has 3 rings (SSSR count). The van der Waals surface area contributed by atoms with E-state index in [1.807, 2.05) is 0 Å². The number of nitrogens with zero attached hydrogens (tertiary/aromatic N) is 2. The van der Waals surface area contributed by atoms with Crippen LogP contribution in [0.25, 0.3) is 0 Å². The molecule has 2 aliphatic heterocycles. The van der Waals surface area contributed by atoms with Crippen LogP contribution in [0.15, 0.2) is 0 Å². The summed E-state index contributed by atoms with van der Waals surface area (Å²) in [7, 11) is 0. The summed E-state index contributed by atoms with van der Waals surface area (Å²) in [6.45, 7) is 6.26. The van der Waals surface area contributed by atoms with Gasteiger partial charge < -0.3 is 9.80 Å². The molecule has 19 heavy (non-hydrogen) atoms. The predicted molar refractivity (Wildman–Crippen MR) is 77.1 cm³/mol. The molecule has 0 radical (unpaired) electrons. The zero-order chi connectivity index (χ0) is 13.3. The average Bonchev–Trinajstić information content (AvgIpc) is 2.88. The summed E-state index contributed by atoms with van der Waals surface area (Å²) in [5.74, 6) is 0.798. The summed E-state index contributed by atoms with van der Waals surface area (Å²) in [5, 5.41) is 0. The maximum atomic E-state index is 12.5. The molecule has 2 heterocycles. The zero-order valence-corrected chi connectivity index (χ0v) is 12.4. The van der Waals surface area contributed by atoms with Crippen molar-refractivity contribution in [1.29, 1.82) is 0 Å². The van der Waals surface area contributed by atoms with Crippen molar-refractivity contribution in [3.63, 3.8) is 0 Å². The summed E-state index contributed by atoms with van der Waals surface area (Å²) < 4.78 is 0. The number of piperidine rings is 2. The lowest BCUT2D eigenvalue weighted by Crippen LogP contribution is -2.50. The van der Waals surface area contributed by atoms with Gasteiger partial charge in [0, 0.05) is 26.2 Å². The maximum Gasteiger partial charge on any atom is 0.319 e. The minimum atomic E-state index is 0.319. The molecule has 1 spiro atoms. The SMILES string of the molecule is CC1CCN(C(=O)N2CCC3(CCCC3)CC2)CC1. The topological polar surface area (TPSA) is 23.6 Å². The summed E-state index contributed by atoms with van der Waals surface area (Å²) in [5.41, 5.74) is 0.618. The van der Waals surface area contributed by atoms with E-state index in [2.05, 4.69) is 16.7 Å². The Hall–Kier alpha value is -0.730. The Morgan fingerprint density at radius 2 is 1.42 bits per heavy atom. The number of urea groups is 1. The molecule has 3 heteroatoms. The lowest BCUT2D eigenvalue weighted by Gasteiger charge is -2.42. The molecule has 0 unspecified atom stereocenters. The molecule has 108 valence electrons. The zero-order valence-electron chi connectivity index (χ0n) is 12.4. The van der Waals surface area contributed by atoms with E-state index in [0.29, 0.717) is 11.4 Å². The van der Waals surface area contributed by atoms with Gasteiger partial charge in [0.05, 0.1) is 0 Å². The molecule has 0 aromatic carbocycles. The van der Waals surface area contributed by atoms with E-state index in [0.717, 1.165) is 32.1 Å². The average molecular weight is 264 g/mol. The molecular weight excluding hydrogens is 236 g/mol. The van der Waals surface area contributed by atoms with Crippen LogP contribution >= 0.6 is 0 Å². The minimum absolute atomic E-state index is 0.319. The van der Waals surface area contributed by atoms with Gasteiger partial charge in [-0.2, -0.15) is 0 Å². The van der Waals surface area contributed by atoms with Gasteiger partial charge in [0.1, 0.15) is 0 Å². The van der Waals surface area contributed by atoms with Crippen molar-refractivity contribution in [1.82, 2.24) is 9.80 Å². The third kappa shape index (κ3) is 2.75. The van der Waals surface area contributed by atoms with E-state index in [-0.39, 0.29) is 0 Å². The third-order valence-corrected chi connectivity index (χ3v) is 5.81. The normalized spacial score (nSPS) is 28.1. The molecular formula is C16H28N2O. The van der Waals surface area contributed by atoms with Gasteiger partial charge in [0.25, 0.3) is 0 Å². The number of likely N-dealkylation sites (tertiary alicyclic amines) is 2. The molecule has 3 aliphatic rings. The minimum Gasteiger partial charge on any atom is -0.325 e. The Morgan fingerprint density at radius 3 is 2.00 bits per heavy atom. The number of carbonyl (C=O) groups is 1. The fourth-order valence-corrected chi connectivity index (χ4v) is 4.20. The highest BCUT2D eigenvalue weighted by molar-refractivity contribution is 5.74. The second kappa shape index (κ2) is 5.34. The van der Waals surface area contributed by atoms with Crippen LogP contribution in [0.1, 0.15) is 58.3 Å². The van der Waals surface area contributed by atoms with Gasteiger partial charge in [-0.1, -0.05) is 19.8 Å². The van der Waals surface area contributed by atoms with Crippen molar-refractivity contribution in [3.8, 4) is 0 Å². The van der Waals surface area contributed by atoms with Gasteiger partial charge in [-0.25, -0.2) is 4.79 Å². The van der Waals surface area contributed by atoms with Crippen molar-refractivity contribution >= 4 is 6.03 Å². The van der Waals surface area contributed by atoms with Gasteiger partial charge in [0.2, 0.25) is 0 Å². The summed E-state index contributed by atoms with van der Waals surface area (Å²) in [4.78, 5) is 16.7. The Bertz CT molecular complexity index is 318. The summed E-state index contributed by atoms with van der Waals surface area (Å²) >= 11 is 0. The highest BCUT2D eigenvalue weighted by Gasteiger charge is 2.38. The molecule has 1 aliphatic carbocycles. The van der Waals surface area contributed by atoms with Crippen molar-refractivity contribution in [2.75, 3.05) is 26.2 Å². The van der Waals surface area contributed by atoms with Gasteiger partial charge in [-0.15, -0.1) is 0 Å². The maximum absolute atomic E-state index is 12.5. The first kappa shape index (κ1) is 13.3. The van der Waals surface area contributed by atoms with Crippen LogP contribution in [0.2, 0.25) is 0 Å². The lowest BCUT2D eigenvalue weighted by atomic mass is 9.77. The van der Waals surface area contributed by atoms with Crippen LogP contribution < -0.4 is 0 Å². The Kier molecular flexibility index (Phi) is 3.72. The fraction of sp³-hybridized carbons (Fsp3) is 0.938. The van der Waals surface area contributed by atoms with E-state index < -0.39 is 0 Å². The number of carbonyl (C=O) groups excluding carboxylic acids is 1. The van der Waals surface area contributed by atoms with Crippen molar-refractivity contribution in [2.45, 2.75) is 58.3 Å². The van der Waals surface area contributed by atoms with E-state index in [4.69, 9.17) is 0 Å². The molecule has 3 fully saturated rings. The van der Waals surface area contributed by atoms with Crippen molar-refractivity contribution in [3.05, 3.63) is 0 Å². The highest BCUT2D eigenvalue weighted by Crippen LogP contribution is 2.46. The molecule has 0 aromatic rings. The van der Waals surface area contributed by atoms with E-state index in [1.54, 1.807) is 0 Å². The Labute approximate surface area is 117 Å². The smallest absolute Gasteiger partial charge is 0.319 e. The second-order valence-electron chi connectivity index (χ2n) is 7.15. The van der Waals surface area contributed by atoms with Gasteiger partial charge >= 0.3 is 6.03 Å². The van der Waals surface area contributed by atoms with Gasteiger partial charge in [-0.05, 0) is 49.9 Å². The van der Waals surface area contributed by atoms with Crippen LogP contribution in [-0.2, 0) is 0 Å². The second-order valence-corrected chi connectivity index (χ2v) is 7.15. The first-order valence-corrected chi connectivity index (χ1v) is 8.22. The Balaban J connectivity index is 1.52. The van der Waals surface area contributed by atoms with Gasteiger partial charge in [0.15, 0.2) is 0 Å². The first-order chi connectivity index (χ1) is 9.19. The van der Waals surface area contributed by atoms with E-state index >= 15 is 0 Å². The summed E-state index contributed by atoms with van der Waals surface area (Å²) in [6, 6.07) is 0.319. The van der Waals surface area contributed by atoms with Crippen LogP contribution in [0, 0.1) is 11.3 Å². The standard InChI is InChI=1S/C16H28N2O/c1-14-4-10-17(11-5-14)15(19)18-12-8-16(9-13-18)6-2-3-7-16/h14H,2-13H2,1H3. The lowest BCUT2D eigenvalue weighted by molar-refractivity contribution is 0.0905. The highest BCUT2D eigenvalue weighted by atomic mass is 16.2. The molecule has 1 saturated carbocycles. The number of hydrogen-bond acceptors (Lipinski definition) is 1. The molecule has 0 atom stereocenters. The number of rotatable bonds is 0. The number of amides is 2. The van der Waals surface area contributed by atoms with Crippen LogP contribution in [0.5, 0.6) is 0 Å². The summed E-state index contributed by atoms with van der Waals surface area (Å²) in [6.07, 6.45) is 10.5. The first-order valence-electron chi connectivity index (χ1n) is 8.22.